The Morgan fingerprint density at radius 2 is 1.42 bits per heavy atom. The highest BCUT2D eigenvalue weighted by Gasteiger charge is 2.68. The summed E-state index contributed by atoms with van der Waals surface area (Å²) in [5.41, 5.74) is -0.184. The first-order chi connectivity index (χ1) is 24.6. The van der Waals surface area contributed by atoms with Crippen LogP contribution in [0.5, 0.6) is 0 Å². The van der Waals surface area contributed by atoms with Crippen LogP contribution >= 0.6 is 0 Å². The van der Waals surface area contributed by atoms with Crippen molar-refractivity contribution in [2.45, 2.75) is 174 Å². The van der Waals surface area contributed by atoms with E-state index in [0.29, 0.717) is 37.8 Å². The van der Waals surface area contributed by atoms with E-state index in [1.54, 1.807) is 0 Å². The number of unbranched alkanes of at least 4 members (excludes halogenated alkanes) is 7. The lowest BCUT2D eigenvalue weighted by Crippen LogP contribution is -2.65. The fourth-order valence-electron chi connectivity index (χ4n) is 8.25. The number of amides is 4. The molecule has 13 nitrogen and oxygen atoms in total. The molecule has 4 aliphatic rings. The Bertz CT molecular complexity index is 1160. The number of aliphatic hydroxyl groups excluding tert-OH is 1. The van der Waals surface area contributed by atoms with Crippen molar-refractivity contribution in [1.82, 2.24) is 31.9 Å². The zero-order valence-corrected chi connectivity index (χ0v) is 33.4. The summed E-state index contributed by atoms with van der Waals surface area (Å²) < 4.78 is 12.8. The standard InChI is InChI=1S/C38H71BN6O7/c1-9-11-12-13-14-15-16-17-19-40-20-21-41-24-32(47)45-33(26(4)46)36(50)42-25(3)34(48)44-29(18-10-2)35(49)43-27(5)39-51-31-23-28-22-30(37(28,6)7)38(31,8)52-39/h25-31,33,40-41,46H,9-24H2,1-8H3,(H,42,50)(H,43,49)(H,44,48)(H,45,47). The summed E-state index contributed by atoms with van der Waals surface area (Å²) in [7, 11) is -0.589. The van der Waals surface area contributed by atoms with E-state index in [9.17, 15) is 24.3 Å². The van der Waals surface area contributed by atoms with Crippen LogP contribution in [0.2, 0.25) is 0 Å². The van der Waals surface area contributed by atoms with E-state index in [-0.39, 0.29) is 24.0 Å². The van der Waals surface area contributed by atoms with Gasteiger partial charge in [0.25, 0.3) is 0 Å². The molecule has 0 spiro atoms. The van der Waals surface area contributed by atoms with E-state index in [2.05, 4.69) is 59.6 Å². The van der Waals surface area contributed by atoms with Gasteiger partial charge in [-0.25, -0.2) is 0 Å². The summed E-state index contributed by atoms with van der Waals surface area (Å²) in [5.74, 6) is -1.48. The predicted molar refractivity (Wildman–Crippen MR) is 204 cm³/mol. The lowest BCUT2D eigenvalue weighted by atomic mass is 9.43. The van der Waals surface area contributed by atoms with Crippen molar-refractivity contribution in [3.8, 4) is 0 Å². The second-order valence-electron chi connectivity index (χ2n) is 16.4. The largest absolute Gasteiger partial charge is 0.481 e. The highest BCUT2D eigenvalue weighted by Crippen LogP contribution is 2.65. The highest BCUT2D eigenvalue weighted by atomic mass is 16.7. The summed E-state index contributed by atoms with van der Waals surface area (Å²) in [5, 5.41) is 27.6. The van der Waals surface area contributed by atoms with E-state index >= 15 is 0 Å². The average molecular weight is 735 g/mol. The molecule has 0 aromatic carbocycles. The molecule has 1 saturated heterocycles. The third-order valence-corrected chi connectivity index (χ3v) is 11.8. The predicted octanol–water partition coefficient (Wildman–Crippen LogP) is 2.73. The van der Waals surface area contributed by atoms with Crippen LogP contribution in [0.15, 0.2) is 0 Å². The molecule has 4 fully saturated rings. The summed E-state index contributed by atoms with van der Waals surface area (Å²) in [6.45, 7) is 17.8. The van der Waals surface area contributed by atoms with Gasteiger partial charge < -0.3 is 46.3 Å². The van der Waals surface area contributed by atoms with Crippen LogP contribution < -0.4 is 31.9 Å². The highest BCUT2D eigenvalue weighted by molar-refractivity contribution is 6.47. The first-order valence-corrected chi connectivity index (χ1v) is 20.3. The monoisotopic (exact) mass is 735 g/mol. The van der Waals surface area contributed by atoms with Crippen LogP contribution in [-0.2, 0) is 28.5 Å². The molecule has 7 N–H and O–H groups in total. The molecule has 14 heteroatoms. The molecule has 1 heterocycles. The van der Waals surface area contributed by atoms with Crippen LogP contribution in [-0.4, -0.2) is 104 Å². The van der Waals surface area contributed by atoms with Gasteiger partial charge in [-0.1, -0.05) is 79.1 Å². The maximum absolute atomic E-state index is 13.4. The summed E-state index contributed by atoms with van der Waals surface area (Å²) in [6, 6.07) is -3.12. The molecule has 9 unspecified atom stereocenters. The molecule has 3 aliphatic carbocycles. The summed E-state index contributed by atoms with van der Waals surface area (Å²) in [4.78, 5) is 52.2. The van der Waals surface area contributed by atoms with Gasteiger partial charge in [0.15, 0.2) is 0 Å². The van der Waals surface area contributed by atoms with Gasteiger partial charge in [0.05, 0.1) is 30.3 Å². The van der Waals surface area contributed by atoms with Crippen molar-refractivity contribution < 1.29 is 33.6 Å². The molecule has 3 saturated carbocycles. The number of carbonyl (C=O) groups excluding carboxylic acids is 4. The maximum Gasteiger partial charge on any atom is 0.481 e. The number of hydrogen-bond donors (Lipinski definition) is 7. The second kappa shape index (κ2) is 21.0. The summed E-state index contributed by atoms with van der Waals surface area (Å²) in [6.07, 6.45) is 12.1. The van der Waals surface area contributed by atoms with Gasteiger partial charge in [-0.15, -0.1) is 0 Å². The van der Waals surface area contributed by atoms with E-state index in [1.165, 1.54) is 58.8 Å². The van der Waals surface area contributed by atoms with Crippen molar-refractivity contribution in [2.24, 2.45) is 17.3 Å². The number of hydrogen-bond acceptors (Lipinski definition) is 9. The van der Waals surface area contributed by atoms with Crippen LogP contribution in [0.4, 0.5) is 0 Å². The Morgan fingerprint density at radius 3 is 2.06 bits per heavy atom. The van der Waals surface area contributed by atoms with Gasteiger partial charge in [0.2, 0.25) is 23.6 Å². The van der Waals surface area contributed by atoms with Crippen molar-refractivity contribution in [3.05, 3.63) is 0 Å². The topological polar surface area (TPSA) is 179 Å². The lowest BCUT2D eigenvalue weighted by Gasteiger charge is -2.64. The molecule has 4 amide bonds. The Hall–Kier alpha value is -2.26. The SMILES string of the molecule is CCCCCCCCCCNCCNCC(=O)NC(C(=O)NC(C)C(=O)NC(CCC)C(=O)NC(C)B1OC2CC3CC(C3(C)C)C2(C)O1)C(C)O. The minimum Gasteiger partial charge on any atom is -0.404 e. The quantitative estimate of drug-likeness (QED) is 0.0549. The number of nitrogens with one attached hydrogen (secondary N) is 6. The van der Waals surface area contributed by atoms with Crippen molar-refractivity contribution in [1.29, 1.82) is 0 Å². The van der Waals surface area contributed by atoms with Crippen LogP contribution in [0.1, 0.15) is 132 Å². The fourth-order valence-corrected chi connectivity index (χ4v) is 8.25. The minimum absolute atomic E-state index is 0.00717. The Balaban J connectivity index is 1.36. The zero-order chi connectivity index (χ0) is 38.5. The van der Waals surface area contributed by atoms with Crippen molar-refractivity contribution in [2.75, 3.05) is 26.2 Å². The maximum atomic E-state index is 13.4. The molecule has 1 aliphatic heterocycles. The van der Waals surface area contributed by atoms with Crippen molar-refractivity contribution >= 4 is 30.7 Å². The third kappa shape index (κ3) is 12.1. The first kappa shape index (κ1) is 44.1. The zero-order valence-electron chi connectivity index (χ0n) is 33.4. The number of rotatable bonds is 25. The molecule has 0 aromatic rings. The molecular weight excluding hydrogens is 663 g/mol. The van der Waals surface area contributed by atoms with Crippen LogP contribution in [0.25, 0.3) is 0 Å². The molecule has 298 valence electrons. The smallest absolute Gasteiger partial charge is 0.404 e. The van der Waals surface area contributed by atoms with Gasteiger partial charge in [-0.3, -0.25) is 19.2 Å². The van der Waals surface area contributed by atoms with Crippen molar-refractivity contribution in [3.63, 3.8) is 0 Å². The third-order valence-electron chi connectivity index (χ3n) is 11.8. The second-order valence-corrected chi connectivity index (χ2v) is 16.4. The average Bonchev–Trinajstić information content (AvgIpc) is 3.46. The van der Waals surface area contributed by atoms with Gasteiger partial charge in [0, 0.05) is 13.1 Å². The normalized spacial score (nSPS) is 25.9. The summed E-state index contributed by atoms with van der Waals surface area (Å²) >= 11 is 0. The van der Waals surface area contributed by atoms with E-state index in [0.717, 1.165) is 25.8 Å². The van der Waals surface area contributed by atoms with Gasteiger partial charge in [-0.05, 0) is 77.2 Å². The van der Waals surface area contributed by atoms with Gasteiger partial charge in [-0.2, -0.15) is 0 Å². The number of aliphatic hydroxyl groups is 1. The number of carbonyl (C=O) groups is 4. The molecule has 2 bridgehead atoms. The first-order valence-electron chi connectivity index (χ1n) is 20.3. The molecule has 4 rings (SSSR count). The molecule has 9 atom stereocenters. The minimum atomic E-state index is -1.26. The van der Waals surface area contributed by atoms with E-state index < -0.39 is 60.6 Å². The Kier molecular flexibility index (Phi) is 17.8. The molecule has 0 aromatic heterocycles. The lowest BCUT2D eigenvalue weighted by molar-refractivity contribution is -0.199. The van der Waals surface area contributed by atoms with Gasteiger partial charge >= 0.3 is 7.12 Å². The molecular formula is C38H71BN6O7. The van der Waals surface area contributed by atoms with E-state index in [4.69, 9.17) is 9.31 Å². The molecule has 52 heavy (non-hydrogen) atoms. The molecule has 0 radical (unpaired) electrons. The Labute approximate surface area is 313 Å². The van der Waals surface area contributed by atoms with E-state index in [1.807, 2.05) is 13.8 Å². The van der Waals surface area contributed by atoms with Gasteiger partial charge in [0.1, 0.15) is 18.1 Å². The Morgan fingerprint density at radius 1 is 0.769 bits per heavy atom. The fraction of sp³-hybridized carbons (Fsp3) is 0.895. The van der Waals surface area contributed by atoms with Crippen LogP contribution in [0.3, 0.4) is 0 Å². The van der Waals surface area contributed by atoms with Crippen LogP contribution in [0, 0.1) is 17.3 Å².